The van der Waals surface area contributed by atoms with E-state index < -0.39 is 0 Å². The highest BCUT2D eigenvalue weighted by molar-refractivity contribution is 7.10. The van der Waals surface area contributed by atoms with E-state index in [1.807, 2.05) is 6.20 Å². The van der Waals surface area contributed by atoms with Crippen molar-refractivity contribution in [2.75, 3.05) is 31.6 Å². The van der Waals surface area contributed by atoms with Crippen LogP contribution in [0.2, 0.25) is 0 Å². The van der Waals surface area contributed by atoms with Crippen molar-refractivity contribution in [2.24, 2.45) is 0 Å². The first-order valence-corrected chi connectivity index (χ1v) is 6.44. The van der Waals surface area contributed by atoms with Crippen molar-refractivity contribution in [3.8, 4) is 0 Å². The third-order valence-electron chi connectivity index (χ3n) is 3.81. The molecule has 2 saturated heterocycles. The molecule has 15 heavy (non-hydrogen) atoms. The van der Waals surface area contributed by atoms with Crippen LogP contribution < -0.4 is 4.90 Å². The van der Waals surface area contributed by atoms with Crippen LogP contribution >= 0.6 is 11.5 Å². The molecule has 4 heteroatoms. The van der Waals surface area contributed by atoms with Crippen LogP contribution in [-0.4, -0.2) is 41.5 Å². The second-order valence-electron chi connectivity index (χ2n) is 4.82. The normalized spacial score (nSPS) is 31.9. The van der Waals surface area contributed by atoms with Gasteiger partial charge >= 0.3 is 0 Å². The summed E-state index contributed by atoms with van der Waals surface area (Å²) >= 11 is 1.64. The second kappa shape index (κ2) is 3.46. The van der Waals surface area contributed by atoms with Crippen molar-refractivity contribution in [1.82, 2.24) is 9.27 Å². The van der Waals surface area contributed by atoms with E-state index in [9.17, 15) is 0 Å². The summed E-state index contributed by atoms with van der Waals surface area (Å²) in [6.07, 6.45) is 5.94. The quantitative estimate of drug-likeness (QED) is 0.724. The smallest absolute Gasteiger partial charge is 0.112 e. The predicted molar refractivity (Wildman–Crippen MR) is 63.5 cm³/mol. The predicted octanol–water partition coefficient (Wildman–Crippen LogP) is 1.82. The van der Waals surface area contributed by atoms with Gasteiger partial charge in [-0.3, -0.25) is 0 Å². The molecule has 82 valence electrons. The Morgan fingerprint density at radius 2 is 2.33 bits per heavy atom. The zero-order chi connectivity index (χ0) is 10.3. The van der Waals surface area contributed by atoms with Crippen molar-refractivity contribution in [1.29, 1.82) is 0 Å². The fraction of sp³-hybridized carbons (Fsp3) is 0.727. The lowest BCUT2D eigenvalue weighted by molar-refractivity contribution is 0.368. The lowest BCUT2D eigenvalue weighted by Gasteiger charge is -2.35. The molecule has 2 fully saturated rings. The number of anilines is 1. The largest absolute Gasteiger partial charge is 0.355 e. The number of hydrogen-bond acceptors (Lipinski definition) is 4. The van der Waals surface area contributed by atoms with Gasteiger partial charge in [0.25, 0.3) is 0 Å². The summed E-state index contributed by atoms with van der Waals surface area (Å²) in [6, 6.07) is 2.16. The van der Waals surface area contributed by atoms with Crippen LogP contribution in [0.15, 0.2) is 12.3 Å². The van der Waals surface area contributed by atoms with Gasteiger partial charge in [-0.05, 0) is 43.9 Å². The molecule has 1 spiro atoms. The van der Waals surface area contributed by atoms with Crippen LogP contribution in [0, 0.1) is 0 Å². The van der Waals surface area contributed by atoms with Gasteiger partial charge in [0, 0.05) is 25.8 Å². The SMILES string of the molecule is CN1CCC2(CCCN2c2ccns2)C1. The maximum atomic E-state index is 4.23. The van der Waals surface area contributed by atoms with Gasteiger partial charge in [0.15, 0.2) is 0 Å². The second-order valence-corrected chi connectivity index (χ2v) is 5.63. The number of likely N-dealkylation sites (N-methyl/N-ethyl adjacent to an activating group) is 1. The van der Waals surface area contributed by atoms with E-state index in [4.69, 9.17) is 0 Å². The van der Waals surface area contributed by atoms with Gasteiger partial charge in [0.1, 0.15) is 5.00 Å². The molecule has 3 nitrogen and oxygen atoms in total. The summed E-state index contributed by atoms with van der Waals surface area (Å²) < 4.78 is 4.23. The number of rotatable bonds is 1. The van der Waals surface area contributed by atoms with Crippen LogP contribution in [0.1, 0.15) is 19.3 Å². The van der Waals surface area contributed by atoms with Gasteiger partial charge in [-0.15, -0.1) is 0 Å². The Kier molecular flexibility index (Phi) is 2.21. The summed E-state index contributed by atoms with van der Waals surface area (Å²) in [4.78, 5) is 5.06. The summed E-state index contributed by atoms with van der Waals surface area (Å²) in [6.45, 7) is 3.69. The number of aromatic nitrogens is 1. The van der Waals surface area contributed by atoms with Gasteiger partial charge in [-0.25, -0.2) is 0 Å². The highest BCUT2D eigenvalue weighted by atomic mass is 32.1. The van der Waals surface area contributed by atoms with Crippen LogP contribution in [-0.2, 0) is 0 Å². The van der Waals surface area contributed by atoms with E-state index >= 15 is 0 Å². The van der Waals surface area contributed by atoms with Crippen LogP contribution in [0.3, 0.4) is 0 Å². The van der Waals surface area contributed by atoms with Crippen molar-refractivity contribution < 1.29 is 0 Å². The average molecular weight is 223 g/mol. The molecule has 0 radical (unpaired) electrons. The molecule has 2 aliphatic rings. The topological polar surface area (TPSA) is 19.4 Å². The Morgan fingerprint density at radius 1 is 1.40 bits per heavy atom. The monoisotopic (exact) mass is 223 g/mol. The molecule has 0 aliphatic carbocycles. The summed E-state index contributed by atoms with van der Waals surface area (Å²) in [7, 11) is 2.23. The Balaban J connectivity index is 1.89. The Bertz CT molecular complexity index is 338. The summed E-state index contributed by atoms with van der Waals surface area (Å²) in [5.41, 5.74) is 0.432. The molecule has 0 N–H and O–H groups in total. The average Bonchev–Trinajstić information content (AvgIpc) is 2.89. The highest BCUT2D eigenvalue weighted by Gasteiger charge is 2.45. The van der Waals surface area contributed by atoms with Crippen molar-refractivity contribution in [3.05, 3.63) is 12.3 Å². The van der Waals surface area contributed by atoms with Gasteiger partial charge < -0.3 is 9.80 Å². The zero-order valence-corrected chi connectivity index (χ0v) is 9.96. The van der Waals surface area contributed by atoms with E-state index in [0.717, 1.165) is 0 Å². The molecule has 1 aromatic rings. The fourth-order valence-corrected chi connectivity index (χ4v) is 3.85. The molecule has 0 saturated carbocycles. The maximum Gasteiger partial charge on any atom is 0.112 e. The molecular formula is C11H17N3S. The molecule has 1 unspecified atom stereocenters. The first-order chi connectivity index (χ1) is 7.30. The zero-order valence-electron chi connectivity index (χ0n) is 9.15. The molecule has 0 amide bonds. The molecule has 3 rings (SSSR count). The standard InChI is InChI=1S/C11H17N3S/c1-13-8-5-11(9-13)4-2-7-14(11)10-3-6-12-15-10/h3,6H,2,4-5,7-9H2,1H3. The van der Waals surface area contributed by atoms with Crippen molar-refractivity contribution in [3.63, 3.8) is 0 Å². The van der Waals surface area contributed by atoms with Crippen molar-refractivity contribution in [2.45, 2.75) is 24.8 Å². The van der Waals surface area contributed by atoms with Gasteiger partial charge in [0.2, 0.25) is 0 Å². The van der Waals surface area contributed by atoms with Crippen LogP contribution in [0.5, 0.6) is 0 Å². The lowest BCUT2D eigenvalue weighted by Crippen LogP contribution is -2.45. The third-order valence-corrected chi connectivity index (χ3v) is 4.58. The highest BCUT2D eigenvalue weighted by Crippen LogP contribution is 2.41. The number of nitrogens with zero attached hydrogens (tertiary/aromatic N) is 3. The van der Waals surface area contributed by atoms with E-state index in [1.54, 1.807) is 11.5 Å². The minimum absolute atomic E-state index is 0.432. The van der Waals surface area contributed by atoms with Gasteiger partial charge in [0.05, 0.1) is 5.54 Å². The molecule has 0 aromatic carbocycles. The molecule has 2 aliphatic heterocycles. The minimum Gasteiger partial charge on any atom is -0.355 e. The molecule has 0 bridgehead atoms. The van der Waals surface area contributed by atoms with Crippen molar-refractivity contribution >= 4 is 16.5 Å². The van der Waals surface area contributed by atoms with E-state index in [0.29, 0.717) is 5.54 Å². The molecule has 1 aromatic heterocycles. The summed E-state index contributed by atoms with van der Waals surface area (Å²) in [5.74, 6) is 0. The van der Waals surface area contributed by atoms with E-state index in [1.165, 1.54) is 43.9 Å². The van der Waals surface area contributed by atoms with Crippen LogP contribution in [0.4, 0.5) is 5.00 Å². The Hall–Kier alpha value is -0.610. The van der Waals surface area contributed by atoms with Gasteiger partial charge in [-0.2, -0.15) is 4.37 Å². The minimum atomic E-state index is 0.432. The Labute approximate surface area is 94.9 Å². The number of hydrogen-bond donors (Lipinski definition) is 0. The first kappa shape index (κ1) is 9.60. The van der Waals surface area contributed by atoms with Crippen LogP contribution in [0.25, 0.3) is 0 Å². The van der Waals surface area contributed by atoms with E-state index in [-0.39, 0.29) is 0 Å². The van der Waals surface area contributed by atoms with E-state index in [2.05, 4.69) is 27.3 Å². The third kappa shape index (κ3) is 1.47. The molecule has 3 heterocycles. The summed E-state index contributed by atoms with van der Waals surface area (Å²) in [5, 5.41) is 1.36. The van der Waals surface area contributed by atoms with Gasteiger partial charge in [-0.1, -0.05) is 0 Å². The first-order valence-electron chi connectivity index (χ1n) is 5.67. The lowest BCUT2D eigenvalue weighted by atomic mass is 9.95. The molecule has 1 atom stereocenters. The molecular weight excluding hydrogens is 206 g/mol. The maximum absolute atomic E-state index is 4.23. The Morgan fingerprint density at radius 3 is 3.00 bits per heavy atom. The number of likely N-dealkylation sites (tertiary alicyclic amines) is 1. The fourth-order valence-electron chi connectivity index (χ4n) is 3.11.